The summed E-state index contributed by atoms with van der Waals surface area (Å²) >= 11 is 0. The third-order valence-electron chi connectivity index (χ3n) is 6.10. The van der Waals surface area contributed by atoms with Gasteiger partial charge in [-0.25, -0.2) is 0 Å². The predicted molar refractivity (Wildman–Crippen MR) is 80.9 cm³/mol. The summed E-state index contributed by atoms with van der Waals surface area (Å²) in [6, 6.07) is 1.39. The molecule has 0 aromatic rings. The summed E-state index contributed by atoms with van der Waals surface area (Å²) in [5, 5.41) is 3.98. The molecule has 3 heteroatoms. The standard InChI is InChI=1S/C17H31NO2/c1-3-14-4-5-16(13(14)2)18-15-6-9-20-17(12-15)7-10-19-11-8-17/h13-16,18H,3-12H2,1-2H3. The first-order valence-electron chi connectivity index (χ1n) is 8.70. The van der Waals surface area contributed by atoms with Crippen LogP contribution in [-0.2, 0) is 9.47 Å². The molecule has 2 saturated heterocycles. The molecule has 1 spiro atoms. The highest BCUT2D eigenvalue weighted by Gasteiger charge is 2.41. The van der Waals surface area contributed by atoms with Gasteiger partial charge in [0, 0.05) is 31.9 Å². The van der Waals surface area contributed by atoms with Crippen LogP contribution in [0.4, 0.5) is 0 Å². The van der Waals surface area contributed by atoms with E-state index in [9.17, 15) is 0 Å². The van der Waals surface area contributed by atoms with Crippen molar-refractivity contribution in [2.75, 3.05) is 19.8 Å². The minimum absolute atomic E-state index is 0.125. The summed E-state index contributed by atoms with van der Waals surface area (Å²) in [6.07, 6.45) is 8.67. The largest absolute Gasteiger partial charge is 0.381 e. The van der Waals surface area contributed by atoms with Gasteiger partial charge in [0.2, 0.25) is 0 Å². The number of nitrogens with one attached hydrogen (secondary N) is 1. The van der Waals surface area contributed by atoms with E-state index in [1.807, 2.05) is 0 Å². The van der Waals surface area contributed by atoms with E-state index in [2.05, 4.69) is 19.2 Å². The Morgan fingerprint density at radius 3 is 2.60 bits per heavy atom. The fourth-order valence-electron chi connectivity index (χ4n) is 4.62. The van der Waals surface area contributed by atoms with Gasteiger partial charge >= 0.3 is 0 Å². The van der Waals surface area contributed by atoms with Crippen molar-refractivity contribution in [2.45, 2.75) is 76.5 Å². The number of ether oxygens (including phenoxy) is 2. The maximum Gasteiger partial charge on any atom is 0.0741 e. The van der Waals surface area contributed by atoms with Crippen molar-refractivity contribution in [3.63, 3.8) is 0 Å². The molecule has 0 aromatic heterocycles. The zero-order valence-corrected chi connectivity index (χ0v) is 13.2. The van der Waals surface area contributed by atoms with Crippen LogP contribution < -0.4 is 5.32 Å². The van der Waals surface area contributed by atoms with Gasteiger partial charge in [0.15, 0.2) is 0 Å². The lowest BCUT2D eigenvalue weighted by Crippen LogP contribution is -2.52. The van der Waals surface area contributed by atoms with Crippen molar-refractivity contribution >= 4 is 0 Å². The zero-order valence-electron chi connectivity index (χ0n) is 13.2. The average molecular weight is 281 g/mol. The first kappa shape index (κ1) is 14.8. The van der Waals surface area contributed by atoms with E-state index in [0.29, 0.717) is 6.04 Å². The number of hydrogen-bond donors (Lipinski definition) is 1. The first-order valence-corrected chi connectivity index (χ1v) is 8.70. The Balaban J connectivity index is 1.55. The molecule has 0 aromatic carbocycles. The van der Waals surface area contributed by atoms with Gasteiger partial charge in [0.05, 0.1) is 5.60 Å². The molecular formula is C17H31NO2. The molecule has 0 bridgehead atoms. The lowest BCUT2D eigenvalue weighted by atomic mass is 9.83. The lowest BCUT2D eigenvalue weighted by Gasteiger charge is -2.44. The molecule has 20 heavy (non-hydrogen) atoms. The van der Waals surface area contributed by atoms with Gasteiger partial charge in [-0.3, -0.25) is 0 Å². The molecule has 116 valence electrons. The van der Waals surface area contributed by atoms with Gasteiger partial charge in [-0.05, 0) is 50.4 Å². The Morgan fingerprint density at radius 2 is 1.90 bits per heavy atom. The van der Waals surface area contributed by atoms with E-state index in [1.54, 1.807) is 0 Å². The van der Waals surface area contributed by atoms with Gasteiger partial charge in [-0.2, -0.15) is 0 Å². The monoisotopic (exact) mass is 281 g/mol. The summed E-state index contributed by atoms with van der Waals surface area (Å²) in [5.41, 5.74) is 0.125. The number of rotatable bonds is 3. The molecule has 4 atom stereocenters. The summed E-state index contributed by atoms with van der Waals surface area (Å²) in [6.45, 7) is 7.47. The van der Waals surface area contributed by atoms with Crippen molar-refractivity contribution in [1.82, 2.24) is 5.32 Å². The molecule has 3 rings (SSSR count). The molecule has 3 fully saturated rings. The van der Waals surface area contributed by atoms with Crippen LogP contribution in [0, 0.1) is 11.8 Å². The Bertz CT molecular complexity index is 309. The van der Waals surface area contributed by atoms with Crippen LogP contribution >= 0.6 is 0 Å². The molecule has 2 aliphatic heterocycles. The Kier molecular flexibility index (Phi) is 4.68. The van der Waals surface area contributed by atoms with Gasteiger partial charge in [-0.15, -0.1) is 0 Å². The van der Waals surface area contributed by atoms with Crippen LogP contribution in [0.1, 0.15) is 58.8 Å². The minimum Gasteiger partial charge on any atom is -0.381 e. The second-order valence-electron chi connectivity index (χ2n) is 7.21. The van der Waals surface area contributed by atoms with E-state index in [4.69, 9.17) is 9.47 Å². The Hall–Kier alpha value is -0.120. The maximum atomic E-state index is 6.15. The van der Waals surface area contributed by atoms with Crippen LogP contribution in [0.5, 0.6) is 0 Å². The van der Waals surface area contributed by atoms with E-state index >= 15 is 0 Å². The molecule has 1 aliphatic carbocycles. The van der Waals surface area contributed by atoms with E-state index < -0.39 is 0 Å². The molecular weight excluding hydrogens is 250 g/mol. The SMILES string of the molecule is CCC1CCC(NC2CCOC3(CCOCC3)C2)C1C. The molecule has 0 amide bonds. The van der Waals surface area contributed by atoms with Crippen molar-refractivity contribution in [3.8, 4) is 0 Å². The topological polar surface area (TPSA) is 30.5 Å². The number of hydrogen-bond acceptors (Lipinski definition) is 3. The van der Waals surface area contributed by atoms with Gasteiger partial charge in [0.1, 0.15) is 0 Å². The van der Waals surface area contributed by atoms with Crippen molar-refractivity contribution in [1.29, 1.82) is 0 Å². The highest BCUT2D eigenvalue weighted by molar-refractivity contribution is 4.95. The third kappa shape index (κ3) is 3.05. The molecule has 4 unspecified atom stereocenters. The normalized spacial score (nSPS) is 41.1. The maximum absolute atomic E-state index is 6.15. The van der Waals surface area contributed by atoms with E-state index in [0.717, 1.165) is 50.5 Å². The molecule has 2 heterocycles. The van der Waals surface area contributed by atoms with E-state index in [-0.39, 0.29) is 5.60 Å². The summed E-state index contributed by atoms with van der Waals surface area (Å²) in [4.78, 5) is 0. The van der Waals surface area contributed by atoms with Crippen LogP contribution in [0.3, 0.4) is 0 Å². The zero-order chi connectivity index (χ0) is 14.0. The minimum atomic E-state index is 0.125. The van der Waals surface area contributed by atoms with Crippen molar-refractivity contribution in [2.24, 2.45) is 11.8 Å². The summed E-state index contributed by atoms with van der Waals surface area (Å²) in [7, 11) is 0. The molecule has 3 nitrogen and oxygen atoms in total. The second-order valence-corrected chi connectivity index (χ2v) is 7.21. The summed E-state index contributed by atoms with van der Waals surface area (Å²) < 4.78 is 11.7. The van der Waals surface area contributed by atoms with Gasteiger partial charge in [-0.1, -0.05) is 20.3 Å². The van der Waals surface area contributed by atoms with Crippen LogP contribution in [0.2, 0.25) is 0 Å². The summed E-state index contributed by atoms with van der Waals surface area (Å²) in [5.74, 6) is 1.78. The molecule has 1 N–H and O–H groups in total. The fraction of sp³-hybridized carbons (Fsp3) is 1.00. The average Bonchev–Trinajstić information content (AvgIpc) is 2.80. The van der Waals surface area contributed by atoms with Gasteiger partial charge < -0.3 is 14.8 Å². The first-order chi connectivity index (χ1) is 9.72. The van der Waals surface area contributed by atoms with Gasteiger partial charge in [0.25, 0.3) is 0 Å². The highest BCUT2D eigenvalue weighted by atomic mass is 16.5. The molecule has 0 radical (unpaired) electrons. The smallest absolute Gasteiger partial charge is 0.0741 e. The Labute approximate surface area is 123 Å². The highest BCUT2D eigenvalue weighted by Crippen LogP contribution is 2.37. The molecule has 3 aliphatic rings. The third-order valence-corrected chi connectivity index (χ3v) is 6.10. The predicted octanol–water partition coefficient (Wildman–Crippen LogP) is 3.13. The van der Waals surface area contributed by atoms with Crippen LogP contribution in [-0.4, -0.2) is 37.5 Å². The van der Waals surface area contributed by atoms with Crippen LogP contribution in [0.25, 0.3) is 0 Å². The van der Waals surface area contributed by atoms with Crippen molar-refractivity contribution < 1.29 is 9.47 Å². The quantitative estimate of drug-likeness (QED) is 0.862. The lowest BCUT2D eigenvalue weighted by molar-refractivity contribution is -0.141. The second kappa shape index (κ2) is 6.33. The molecule has 1 saturated carbocycles. The van der Waals surface area contributed by atoms with Crippen LogP contribution in [0.15, 0.2) is 0 Å². The Morgan fingerprint density at radius 1 is 1.10 bits per heavy atom. The fourth-order valence-corrected chi connectivity index (χ4v) is 4.62. The van der Waals surface area contributed by atoms with E-state index in [1.165, 1.54) is 32.1 Å². The van der Waals surface area contributed by atoms with Crippen molar-refractivity contribution in [3.05, 3.63) is 0 Å².